The molecule has 4 nitrogen and oxygen atoms in total. The van der Waals surface area contributed by atoms with Gasteiger partial charge in [0.25, 0.3) is 5.56 Å². The molecule has 1 N–H and O–H groups in total. The Hall–Kier alpha value is -1.76. The zero-order valence-electron chi connectivity index (χ0n) is 6.63. The van der Waals surface area contributed by atoms with Crippen molar-refractivity contribution >= 4 is 0 Å². The van der Waals surface area contributed by atoms with Crippen LogP contribution in [-0.4, -0.2) is 9.55 Å². The van der Waals surface area contributed by atoms with Crippen molar-refractivity contribution in [1.82, 2.24) is 9.55 Å². The van der Waals surface area contributed by atoms with E-state index in [1.165, 1.54) is 6.20 Å². The van der Waals surface area contributed by atoms with E-state index in [0.717, 1.165) is 4.57 Å². The SMILES string of the molecule is C#CCn1c(=O)[nH]cc(C)c1=O. The largest absolute Gasteiger partial charge is 0.329 e. The van der Waals surface area contributed by atoms with Crippen LogP contribution in [0.5, 0.6) is 0 Å². The monoisotopic (exact) mass is 164 g/mol. The minimum Gasteiger partial charge on any atom is -0.314 e. The van der Waals surface area contributed by atoms with Gasteiger partial charge in [0.05, 0.1) is 6.54 Å². The molecule has 1 heterocycles. The second-order valence-electron chi connectivity index (χ2n) is 2.37. The Morgan fingerprint density at radius 2 is 2.33 bits per heavy atom. The summed E-state index contributed by atoms with van der Waals surface area (Å²) in [5, 5.41) is 0. The maximum atomic E-state index is 11.2. The topological polar surface area (TPSA) is 54.9 Å². The Balaban J connectivity index is 3.46. The van der Waals surface area contributed by atoms with Crippen LogP contribution >= 0.6 is 0 Å². The summed E-state index contributed by atoms with van der Waals surface area (Å²) in [4.78, 5) is 24.6. The second kappa shape index (κ2) is 3.09. The van der Waals surface area contributed by atoms with Gasteiger partial charge in [-0.3, -0.25) is 4.79 Å². The lowest BCUT2D eigenvalue weighted by molar-refractivity contribution is 0.718. The molecule has 0 atom stereocenters. The molecule has 0 aliphatic carbocycles. The molecule has 4 heteroatoms. The molecule has 0 amide bonds. The predicted octanol–water partition coefficient (Wildman–Crippen LogP) is -0.522. The number of aromatic nitrogens is 2. The lowest BCUT2D eigenvalue weighted by Gasteiger charge is -1.98. The molecule has 1 rings (SSSR count). The standard InChI is InChI=1S/C8H8N2O2/c1-3-4-10-7(11)6(2)5-9-8(10)12/h1,5H,4H2,2H3,(H,9,12). The summed E-state index contributed by atoms with van der Waals surface area (Å²) in [7, 11) is 0. The third-order valence-corrected chi connectivity index (χ3v) is 1.49. The van der Waals surface area contributed by atoms with Crippen LogP contribution in [0.15, 0.2) is 15.8 Å². The normalized spacial score (nSPS) is 9.33. The Bertz CT molecular complexity index is 434. The van der Waals surface area contributed by atoms with E-state index in [0.29, 0.717) is 5.56 Å². The van der Waals surface area contributed by atoms with E-state index < -0.39 is 5.69 Å². The van der Waals surface area contributed by atoms with Crippen LogP contribution in [0.2, 0.25) is 0 Å². The number of nitrogens with one attached hydrogen (secondary N) is 1. The van der Waals surface area contributed by atoms with Gasteiger partial charge >= 0.3 is 5.69 Å². The van der Waals surface area contributed by atoms with Crippen molar-refractivity contribution < 1.29 is 0 Å². The van der Waals surface area contributed by atoms with Gasteiger partial charge in [0.2, 0.25) is 0 Å². The summed E-state index contributed by atoms with van der Waals surface area (Å²) < 4.78 is 0.981. The first-order chi connectivity index (χ1) is 5.66. The number of H-pyrrole nitrogens is 1. The minimum atomic E-state index is -0.469. The predicted molar refractivity (Wildman–Crippen MR) is 44.9 cm³/mol. The van der Waals surface area contributed by atoms with Gasteiger partial charge in [0.15, 0.2) is 0 Å². The van der Waals surface area contributed by atoms with Crippen LogP contribution in [0, 0.1) is 19.3 Å². The quantitative estimate of drug-likeness (QED) is 0.568. The molecule has 1 aromatic heterocycles. The Labute approximate surface area is 68.9 Å². The second-order valence-corrected chi connectivity index (χ2v) is 2.37. The van der Waals surface area contributed by atoms with Gasteiger partial charge in [-0.05, 0) is 6.92 Å². The smallest absolute Gasteiger partial charge is 0.314 e. The third-order valence-electron chi connectivity index (χ3n) is 1.49. The maximum Gasteiger partial charge on any atom is 0.329 e. The van der Waals surface area contributed by atoms with Gasteiger partial charge in [0.1, 0.15) is 0 Å². The number of nitrogens with zero attached hydrogens (tertiary/aromatic N) is 1. The van der Waals surface area contributed by atoms with Crippen LogP contribution in [-0.2, 0) is 6.54 Å². The number of terminal acetylenes is 1. The van der Waals surface area contributed by atoms with Crippen molar-refractivity contribution in [2.45, 2.75) is 13.5 Å². The third kappa shape index (κ3) is 1.30. The van der Waals surface area contributed by atoms with Crippen LogP contribution in [0.25, 0.3) is 0 Å². The molecule has 0 aromatic carbocycles. The van der Waals surface area contributed by atoms with Gasteiger partial charge in [-0.25, -0.2) is 9.36 Å². The molecule has 1 aromatic rings. The average molecular weight is 164 g/mol. The molecular weight excluding hydrogens is 156 g/mol. The summed E-state index contributed by atoms with van der Waals surface area (Å²) in [5.41, 5.74) is -0.329. The minimum absolute atomic E-state index is 0.00977. The van der Waals surface area contributed by atoms with Crippen LogP contribution in [0.4, 0.5) is 0 Å². The van der Waals surface area contributed by atoms with E-state index in [2.05, 4.69) is 10.9 Å². The first-order valence-electron chi connectivity index (χ1n) is 3.39. The van der Waals surface area contributed by atoms with Crippen LogP contribution in [0.3, 0.4) is 0 Å². The van der Waals surface area contributed by atoms with Gasteiger partial charge in [-0.15, -0.1) is 6.42 Å². The lowest BCUT2D eigenvalue weighted by atomic mass is 10.4. The summed E-state index contributed by atoms with van der Waals surface area (Å²) in [6.45, 7) is 1.63. The lowest BCUT2D eigenvalue weighted by Crippen LogP contribution is -2.35. The molecule has 0 saturated carbocycles. The van der Waals surface area contributed by atoms with E-state index >= 15 is 0 Å². The highest BCUT2D eigenvalue weighted by atomic mass is 16.2. The zero-order chi connectivity index (χ0) is 9.14. The van der Waals surface area contributed by atoms with Crippen LogP contribution in [0.1, 0.15) is 5.56 Å². The van der Waals surface area contributed by atoms with Crippen molar-refractivity contribution in [3.05, 3.63) is 32.6 Å². The number of hydrogen-bond acceptors (Lipinski definition) is 2. The van der Waals surface area contributed by atoms with E-state index in [-0.39, 0.29) is 12.1 Å². The summed E-state index contributed by atoms with van der Waals surface area (Å²) in [6, 6.07) is 0. The van der Waals surface area contributed by atoms with E-state index in [9.17, 15) is 9.59 Å². The summed E-state index contributed by atoms with van der Waals surface area (Å²) in [6.07, 6.45) is 6.36. The van der Waals surface area contributed by atoms with E-state index in [4.69, 9.17) is 6.42 Å². The molecule has 12 heavy (non-hydrogen) atoms. The first kappa shape index (κ1) is 8.34. The fourth-order valence-electron chi connectivity index (χ4n) is 0.850. The number of aryl methyl sites for hydroxylation is 1. The Morgan fingerprint density at radius 1 is 1.67 bits per heavy atom. The fraction of sp³-hybridized carbons (Fsp3) is 0.250. The number of rotatable bonds is 1. The number of hydrogen-bond donors (Lipinski definition) is 1. The van der Waals surface area contributed by atoms with Gasteiger partial charge in [-0.1, -0.05) is 5.92 Å². The van der Waals surface area contributed by atoms with Crippen molar-refractivity contribution in [1.29, 1.82) is 0 Å². The molecule has 0 aliphatic heterocycles. The van der Waals surface area contributed by atoms with Crippen molar-refractivity contribution in [2.75, 3.05) is 0 Å². The highest BCUT2D eigenvalue weighted by molar-refractivity contribution is 5.02. The molecule has 0 bridgehead atoms. The van der Waals surface area contributed by atoms with Crippen molar-refractivity contribution in [3.63, 3.8) is 0 Å². The maximum absolute atomic E-state index is 11.2. The van der Waals surface area contributed by atoms with Crippen LogP contribution < -0.4 is 11.2 Å². The van der Waals surface area contributed by atoms with E-state index in [1.807, 2.05) is 0 Å². The molecule has 0 spiro atoms. The molecule has 0 radical (unpaired) electrons. The molecule has 0 saturated heterocycles. The Kier molecular flexibility index (Phi) is 2.15. The zero-order valence-corrected chi connectivity index (χ0v) is 6.63. The summed E-state index contributed by atoms with van der Waals surface area (Å²) in [5.74, 6) is 2.24. The number of aromatic amines is 1. The molecule has 0 unspecified atom stereocenters. The van der Waals surface area contributed by atoms with Gasteiger partial charge < -0.3 is 4.98 Å². The molecule has 0 aliphatic rings. The first-order valence-corrected chi connectivity index (χ1v) is 3.39. The van der Waals surface area contributed by atoms with Crippen molar-refractivity contribution in [2.24, 2.45) is 0 Å². The Morgan fingerprint density at radius 3 is 2.92 bits per heavy atom. The highest BCUT2D eigenvalue weighted by Gasteiger charge is 2.00. The fourth-order valence-corrected chi connectivity index (χ4v) is 0.850. The molecule has 62 valence electrons. The molecular formula is C8H8N2O2. The average Bonchev–Trinajstić information content (AvgIpc) is 2.06. The van der Waals surface area contributed by atoms with E-state index in [1.54, 1.807) is 6.92 Å². The van der Waals surface area contributed by atoms with Gasteiger partial charge in [0, 0.05) is 11.8 Å². The summed E-state index contributed by atoms with van der Waals surface area (Å²) >= 11 is 0. The van der Waals surface area contributed by atoms with Crippen molar-refractivity contribution in [3.8, 4) is 12.3 Å². The van der Waals surface area contributed by atoms with Gasteiger partial charge in [-0.2, -0.15) is 0 Å². The highest BCUT2D eigenvalue weighted by Crippen LogP contribution is 1.78. The molecule has 0 fully saturated rings.